The van der Waals surface area contributed by atoms with Gasteiger partial charge in [-0.2, -0.15) is 0 Å². The third-order valence-electron chi connectivity index (χ3n) is 9.54. The van der Waals surface area contributed by atoms with Gasteiger partial charge in [-0.3, -0.25) is 23.7 Å². The number of ether oxygens (including phenoxy) is 1. The zero-order chi connectivity index (χ0) is 36.4. The molecule has 2 aliphatic heterocycles. The number of carbonyl (C=O) groups is 4. The summed E-state index contributed by atoms with van der Waals surface area (Å²) < 4.78 is 16.3. The molecule has 2 fully saturated rings. The lowest BCUT2D eigenvalue weighted by Crippen LogP contribution is -2.59. The number of imidazole rings is 1. The van der Waals surface area contributed by atoms with E-state index in [1.54, 1.807) is 35.4 Å². The maximum Gasteiger partial charge on any atom is 0.362 e. The first kappa shape index (κ1) is 37.7. The van der Waals surface area contributed by atoms with Crippen LogP contribution in [0.2, 0.25) is 0 Å². The second-order valence-electron chi connectivity index (χ2n) is 13.3. The molecule has 15 heteroatoms. The summed E-state index contributed by atoms with van der Waals surface area (Å²) in [6, 6.07) is 13.5. The molecule has 14 nitrogen and oxygen atoms in total. The normalized spacial score (nSPS) is 20.3. The van der Waals surface area contributed by atoms with Crippen molar-refractivity contribution in [2.24, 2.45) is 5.92 Å². The van der Waals surface area contributed by atoms with Gasteiger partial charge in [-0.1, -0.05) is 62.2 Å². The quantitative estimate of drug-likeness (QED) is 0.128. The largest absolute Gasteiger partial charge is 0.481 e. The number of aromatic nitrogens is 2. The fraction of sp³-hybridized carbons (Fsp3) is 0.472. The van der Waals surface area contributed by atoms with E-state index in [4.69, 9.17) is 14.5 Å². The average molecular weight is 723 g/mol. The minimum atomic E-state index is -4.31. The van der Waals surface area contributed by atoms with E-state index in [9.17, 15) is 23.7 Å². The highest BCUT2D eigenvalue weighted by Crippen LogP contribution is 2.35. The highest BCUT2D eigenvalue weighted by molar-refractivity contribution is 7.51. The maximum absolute atomic E-state index is 14.2. The summed E-state index contributed by atoms with van der Waals surface area (Å²) in [5, 5.41) is 8.84. The summed E-state index contributed by atoms with van der Waals surface area (Å²) in [4.78, 5) is 81.9. The standard InChI is InChI=1S/C36H47N6O8P/c1-2-26(18-24-12-15-29(16-13-24)50-23-51(47,48)49)33(43)40-30-11-7-6-10-28-14-17-32(42(28)36(30)46)35(45)41-31(19-27-21-37-22-39-27)34(44)38-20-25-8-4-3-5-9-25/h3-5,8-9,12-13,15-16,21-22,26,28,30-32H,2,6-7,10-11,14,17-20,23H2,1H3,(H,37,39)(H,38,44)(H,40,43)(H,41,45)(H2,47,48,49)/t26-,28-,30?,31-,32-/m0/s1. The number of hydrogen-bond donors (Lipinski definition) is 6. The molecule has 274 valence electrons. The molecule has 2 aliphatic rings. The van der Waals surface area contributed by atoms with Gasteiger partial charge >= 0.3 is 7.60 Å². The van der Waals surface area contributed by atoms with Crippen LogP contribution in [0.1, 0.15) is 68.7 Å². The van der Waals surface area contributed by atoms with Gasteiger partial charge < -0.3 is 40.4 Å². The summed E-state index contributed by atoms with van der Waals surface area (Å²) in [5.74, 6) is -1.43. The van der Waals surface area contributed by atoms with Crippen LogP contribution in [0, 0.1) is 5.92 Å². The molecule has 5 atom stereocenters. The summed E-state index contributed by atoms with van der Waals surface area (Å²) >= 11 is 0. The highest BCUT2D eigenvalue weighted by Gasteiger charge is 2.44. The lowest BCUT2D eigenvalue weighted by atomic mass is 9.94. The molecule has 1 unspecified atom stereocenters. The van der Waals surface area contributed by atoms with Gasteiger partial charge in [0.2, 0.25) is 23.6 Å². The van der Waals surface area contributed by atoms with Gasteiger partial charge in [-0.25, -0.2) is 4.98 Å². The van der Waals surface area contributed by atoms with Crippen LogP contribution >= 0.6 is 7.60 Å². The van der Waals surface area contributed by atoms with Crippen molar-refractivity contribution in [2.45, 2.75) is 95.4 Å². The zero-order valence-electron chi connectivity index (χ0n) is 28.7. The van der Waals surface area contributed by atoms with Crippen LogP contribution in [0.5, 0.6) is 5.75 Å². The van der Waals surface area contributed by atoms with E-state index in [1.807, 2.05) is 37.3 Å². The van der Waals surface area contributed by atoms with Crippen LogP contribution in [-0.4, -0.2) is 78.8 Å². The number of nitrogens with one attached hydrogen (secondary N) is 4. The highest BCUT2D eigenvalue weighted by atomic mass is 31.2. The molecular weight excluding hydrogens is 675 g/mol. The molecule has 0 spiro atoms. The Morgan fingerprint density at radius 2 is 1.73 bits per heavy atom. The van der Waals surface area contributed by atoms with Crippen LogP contribution in [0.3, 0.4) is 0 Å². The SMILES string of the molecule is CC[C@@H](Cc1ccc(OCP(=O)(O)O)cc1)C(=O)NC1CCCC[C@H]2CC[C@@H](C(=O)N[C@@H](Cc3cnc[nH]3)C(=O)NCc3ccccc3)N2C1=O. The summed E-state index contributed by atoms with van der Waals surface area (Å²) in [5.41, 5.74) is 2.43. The number of benzene rings is 2. The molecule has 2 aromatic carbocycles. The number of nitrogens with zero attached hydrogens (tertiary/aromatic N) is 2. The first-order valence-electron chi connectivity index (χ1n) is 17.5. The monoisotopic (exact) mass is 722 g/mol. The van der Waals surface area contributed by atoms with Crippen LogP contribution in [0.15, 0.2) is 67.1 Å². The Morgan fingerprint density at radius 3 is 2.41 bits per heavy atom. The fourth-order valence-corrected chi connectivity index (χ4v) is 7.12. The van der Waals surface area contributed by atoms with Crippen LogP contribution in [-0.2, 0) is 43.1 Å². The first-order valence-corrected chi connectivity index (χ1v) is 19.3. The Balaban J connectivity index is 1.24. The van der Waals surface area contributed by atoms with Crippen molar-refractivity contribution in [1.29, 1.82) is 0 Å². The van der Waals surface area contributed by atoms with Gasteiger partial charge in [0.1, 0.15) is 23.9 Å². The predicted molar refractivity (Wildman–Crippen MR) is 188 cm³/mol. The van der Waals surface area contributed by atoms with Gasteiger partial charge in [-0.05, 0) is 61.8 Å². The molecule has 4 amide bonds. The minimum absolute atomic E-state index is 0.140. The van der Waals surface area contributed by atoms with E-state index in [0.717, 1.165) is 30.4 Å². The third kappa shape index (κ3) is 10.7. The molecule has 3 aromatic rings. The molecule has 0 radical (unpaired) electrons. The number of H-pyrrole nitrogens is 1. The van der Waals surface area contributed by atoms with E-state index in [2.05, 4.69) is 25.9 Å². The molecule has 6 N–H and O–H groups in total. The van der Waals surface area contributed by atoms with Gasteiger partial charge in [0.05, 0.1) is 6.33 Å². The zero-order valence-corrected chi connectivity index (χ0v) is 29.6. The number of fused-ring (bicyclic) bond motifs is 1. The lowest BCUT2D eigenvalue weighted by molar-refractivity contribution is -0.145. The van der Waals surface area contributed by atoms with Crippen LogP contribution in [0.25, 0.3) is 0 Å². The topological polar surface area (TPSA) is 203 Å². The molecule has 0 aliphatic carbocycles. The van der Waals surface area contributed by atoms with E-state index in [0.29, 0.717) is 50.1 Å². The number of aromatic amines is 1. The van der Waals surface area contributed by atoms with Crippen LogP contribution < -0.4 is 20.7 Å². The molecule has 0 bridgehead atoms. The van der Waals surface area contributed by atoms with Crippen molar-refractivity contribution < 1.29 is 38.3 Å². The van der Waals surface area contributed by atoms with Gasteiger partial charge in [0, 0.05) is 36.8 Å². The van der Waals surface area contributed by atoms with E-state index in [1.165, 1.54) is 6.33 Å². The summed E-state index contributed by atoms with van der Waals surface area (Å²) in [7, 11) is -4.31. The Kier molecular flexibility index (Phi) is 13.0. The van der Waals surface area contributed by atoms with Crippen molar-refractivity contribution in [3.63, 3.8) is 0 Å². The maximum atomic E-state index is 14.2. The summed E-state index contributed by atoms with van der Waals surface area (Å²) in [6.45, 7) is 2.19. The predicted octanol–water partition coefficient (Wildman–Crippen LogP) is 2.95. The van der Waals surface area contributed by atoms with Crippen LogP contribution in [0.4, 0.5) is 0 Å². The second-order valence-corrected chi connectivity index (χ2v) is 14.9. The number of hydrogen-bond acceptors (Lipinski definition) is 7. The minimum Gasteiger partial charge on any atom is -0.481 e. The van der Waals surface area contributed by atoms with E-state index >= 15 is 0 Å². The number of carbonyl (C=O) groups excluding carboxylic acids is 4. The molecule has 0 saturated carbocycles. The van der Waals surface area contributed by atoms with Crippen molar-refractivity contribution in [1.82, 2.24) is 30.8 Å². The average Bonchev–Trinajstić information content (AvgIpc) is 3.79. The van der Waals surface area contributed by atoms with Crippen molar-refractivity contribution in [3.05, 3.63) is 83.9 Å². The summed E-state index contributed by atoms with van der Waals surface area (Å²) in [6.07, 6.45) is 7.43. The van der Waals surface area contributed by atoms with Crippen molar-refractivity contribution in [2.75, 3.05) is 6.35 Å². The Morgan fingerprint density at radius 1 is 0.980 bits per heavy atom. The first-order chi connectivity index (χ1) is 24.5. The Hall–Kier alpha value is -4.52. The van der Waals surface area contributed by atoms with E-state index < -0.39 is 43.9 Å². The number of rotatable bonds is 15. The van der Waals surface area contributed by atoms with Crippen molar-refractivity contribution >= 4 is 31.2 Å². The molecule has 3 heterocycles. The van der Waals surface area contributed by atoms with Gasteiger partial charge in [0.15, 0.2) is 6.35 Å². The fourth-order valence-electron chi connectivity index (χ4n) is 6.80. The van der Waals surface area contributed by atoms with Gasteiger partial charge in [-0.15, -0.1) is 0 Å². The molecular formula is C36H47N6O8P. The van der Waals surface area contributed by atoms with Gasteiger partial charge in [0.25, 0.3) is 0 Å². The molecule has 51 heavy (non-hydrogen) atoms. The second kappa shape index (κ2) is 17.6. The number of amides is 4. The molecule has 5 rings (SSSR count). The van der Waals surface area contributed by atoms with Crippen molar-refractivity contribution in [3.8, 4) is 5.75 Å². The molecule has 1 aromatic heterocycles. The Labute approximate surface area is 297 Å². The Bertz CT molecular complexity index is 1670. The molecule has 2 saturated heterocycles. The lowest BCUT2D eigenvalue weighted by Gasteiger charge is -2.36. The third-order valence-corrected chi connectivity index (χ3v) is 10.0. The van der Waals surface area contributed by atoms with E-state index in [-0.39, 0.29) is 30.2 Å². The smallest absolute Gasteiger partial charge is 0.362 e.